The predicted octanol–water partition coefficient (Wildman–Crippen LogP) is 6.27. The largest absolute Gasteiger partial charge is 0.481 e. The summed E-state index contributed by atoms with van der Waals surface area (Å²) in [7, 11) is 1.88. The molecule has 5 aromatic rings. The number of hydrogen-bond acceptors (Lipinski definition) is 8. The number of halogens is 1. The molecule has 2 N–H and O–H groups in total. The van der Waals surface area contributed by atoms with Gasteiger partial charge in [-0.05, 0) is 67.4 Å². The van der Waals surface area contributed by atoms with E-state index in [1.54, 1.807) is 12.1 Å². The molecule has 1 amide bonds. The minimum Gasteiger partial charge on any atom is -0.481 e. The van der Waals surface area contributed by atoms with Crippen LogP contribution in [0.25, 0.3) is 33.7 Å². The van der Waals surface area contributed by atoms with Crippen molar-refractivity contribution in [2.24, 2.45) is 13.0 Å². The Balaban J connectivity index is 1.16. The zero-order valence-corrected chi connectivity index (χ0v) is 28.3. The van der Waals surface area contributed by atoms with Crippen LogP contribution in [0.2, 0.25) is 5.02 Å². The maximum Gasteiger partial charge on any atom is 0.307 e. The average molecular weight is 678 g/mol. The van der Waals surface area contributed by atoms with Crippen molar-refractivity contribution in [3.8, 4) is 28.7 Å². The highest BCUT2D eigenvalue weighted by Gasteiger charge is 2.29. The Kier molecular flexibility index (Phi) is 8.71. The summed E-state index contributed by atoms with van der Waals surface area (Å²) in [6.07, 6.45) is 1.45. The average Bonchev–Trinajstić information content (AvgIpc) is 3.83. The number of nitriles is 1. The van der Waals surface area contributed by atoms with E-state index in [1.807, 2.05) is 54.9 Å². The highest BCUT2D eigenvalue weighted by atomic mass is 35.5. The molecule has 2 aliphatic heterocycles. The van der Waals surface area contributed by atoms with Crippen LogP contribution >= 0.6 is 11.6 Å². The number of rotatable bonds is 8. The summed E-state index contributed by atoms with van der Waals surface area (Å²) in [6, 6.07) is 17.2. The number of aromatic nitrogens is 3. The zero-order chi connectivity index (χ0) is 34.4. The summed E-state index contributed by atoms with van der Waals surface area (Å²) in [6.45, 7) is 8.37. The number of nitrogens with zero attached hydrogens (tertiary/aromatic N) is 6. The molecule has 0 aliphatic carbocycles. The summed E-state index contributed by atoms with van der Waals surface area (Å²) < 4.78 is 8.09. The van der Waals surface area contributed by atoms with Crippen molar-refractivity contribution in [1.29, 1.82) is 5.26 Å². The predicted molar refractivity (Wildman–Crippen MR) is 186 cm³/mol. The molecule has 0 spiro atoms. The molecule has 0 unspecified atom stereocenters. The molecule has 49 heavy (non-hydrogen) atoms. The van der Waals surface area contributed by atoms with Gasteiger partial charge in [0.2, 0.25) is 5.89 Å². The molecular weight excluding hydrogens is 642 g/mol. The number of nitrogens with one attached hydrogen (secondary N) is 1. The molecule has 1 atom stereocenters. The molecule has 7 rings (SSSR count). The Morgan fingerprint density at radius 1 is 1.10 bits per heavy atom. The van der Waals surface area contributed by atoms with Gasteiger partial charge in [-0.3, -0.25) is 19.4 Å². The van der Waals surface area contributed by atoms with E-state index in [4.69, 9.17) is 21.0 Å². The number of carboxylic acids is 1. The highest BCUT2D eigenvalue weighted by Crippen LogP contribution is 2.39. The molecule has 0 bridgehead atoms. The maximum absolute atomic E-state index is 13.5. The molecule has 3 aromatic carbocycles. The van der Waals surface area contributed by atoms with Gasteiger partial charge in [0.1, 0.15) is 11.6 Å². The fourth-order valence-corrected chi connectivity index (χ4v) is 7.32. The topological polar surface area (TPSA) is 141 Å². The van der Waals surface area contributed by atoms with Crippen LogP contribution < -0.4 is 5.32 Å². The first-order chi connectivity index (χ1) is 23.6. The molecule has 2 aliphatic rings. The number of benzene rings is 3. The normalized spacial score (nSPS) is 16.5. The zero-order valence-electron chi connectivity index (χ0n) is 27.6. The van der Waals surface area contributed by atoms with E-state index in [9.17, 15) is 20.0 Å². The van der Waals surface area contributed by atoms with Gasteiger partial charge >= 0.3 is 5.97 Å². The van der Waals surface area contributed by atoms with E-state index in [2.05, 4.69) is 33.1 Å². The molecule has 250 valence electrons. The van der Waals surface area contributed by atoms with Crippen molar-refractivity contribution < 1.29 is 19.1 Å². The lowest BCUT2D eigenvalue weighted by molar-refractivity contribution is -0.141. The van der Waals surface area contributed by atoms with Crippen molar-refractivity contribution in [3.63, 3.8) is 0 Å². The van der Waals surface area contributed by atoms with Crippen LogP contribution in [0.3, 0.4) is 0 Å². The number of carboxylic acid groups (broad SMARTS) is 1. The lowest BCUT2D eigenvalue weighted by Gasteiger charge is -2.24. The van der Waals surface area contributed by atoms with Gasteiger partial charge in [0, 0.05) is 56.5 Å². The fraction of sp³-hybridized carbons (Fsp3) is 0.324. The summed E-state index contributed by atoms with van der Waals surface area (Å²) in [4.78, 5) is 38.8. The van der Waals surface area contributed by atoms with Crippen LogP contribution in [0.5, 0.6) is 0 Å². The number of carbonyl (C=O) groups is 2. The third-order valence-electron chi connectivity index (χ3n) is 9.78. The number of carbonyl (C=O) groups excluding carboxylic acids is 1. The van der Waals surface area contributed by atoms with E-state index in [0.717, 1.165) is 65.3 Å². The van der Waals surface area contributed by atoms with Crippen LogP contribution in [0, 0.1) is 24.2 Å². The molecule has 12 heteroatoms. The number of imidazole rings is 1. The Bertz CT molecular complexity index is 2160. The van der Waals surface area contributed by atoms with Gasteiger partial charge in [-0.1, -0.05) is 42.8 Å². The van der Waals surface area contributed by atoms with Gasteiger partial charge in [0.05, 0.1) is 27.9 Å². The van der Waals surface area contributed by atoms with E-state index in [1.165, 1.54) is 0 Å². The summed E-state index contributed by atoms with van der Waals surface area (Å²) >= 11 is 6.98. The lowest BCUT2D eigenvalue weighted by atomic mass is 9.96. The van der Waals surface area contributed by atoms with Gasteiger partial charge in [-0.15, -0.1) is 0 Å². The second-order valence-electron chi connectivity index (χ2n) is 12.8. The van der Waals surface area contributed by atoms with Gasteiger partial charge < -0.3 is 19.4 Å². The minimum absolute atomic E-state index is 0.324. The van der Waals surface area contributed by atoms with Gasteiger partial charge in [-0.25, -0.2) is 9.97 Å². The number of oxazole rings is 1. The SMILES string of the molecule is CCN1CCc2c(nc(C(=O)Nc3cccc(-c4cccc(-c5nc6cc(CN7CC[C@@H](C(=O)O)C7)cc(C#N)c6o5)c4C)c3Cl)n2C)C1. The number of anilines is 1. The first-order valence-electron chi connectivity index (χ1n) is 16.4. The summed E-state index contributed by atoms with van der Waals surface area (Å²) in [5.41, 5.74) is 7.89. The van der Waals surface area contributed by atoms with E-state index >= 15 is 0 Å². The second kappa shape index (κ2) is 13.1. The van der Waals surface area contributed by atoms with Crippen molar-refractivity contribution in [2.45, 2.75) is 39.8 Å². The Hall–Kier alpha value is -5.02. The van der Waals surface area contributed by atoms with Crippen molar-refractivity contribution >= 4 is 40.3 Å². The molecule has 1 saturated heterocycles. The van der Waals surface area contributed by atoms with E-state index in [0.29, 0.717) is 65.1 Å². The number of aliphatic carboxylic acids is 1. The molecule has 1 fully saturated rings. The first-order valence-corrected chi connectivity index (χ1v) is 16.8. The summed E-state index contributed by atoms with van der Waals surface area (Å²) in [5, 5.41) is 22.7. The number of fused-ring (bicyclic) bond motifs is 2. The van der Waals surface area contributed by atoms with Gasteiger partial charge in [0.15, 0.2) is 11.4 Å². The molecule has 0 radical (unpaired) electrons. The standard InChI is InChI=1S/C37H36ClN7O4/c1-4-44-14-12-31-30(20-44)40-34(43(31)3)35(46)41-28-10-6-9-27(32(28)38)25-7-5-8-26(21(25)2)36-42-29-16-22(15-24(17-39)33(29)49-36)18-45-13-11-23(19-45)37(47)48/h5-10,15-16,23H,4,11-14,18-20H2,1-3H3,(H,41,46)(H,47,48)/t23-/m1/s1. The van der Waals surface area contributed by atoms with Crippen molar-refractivity contribution in [3.05, 3.63) is 87.5 Å². The Labute approximate surface area is 288 Å². The smallest absolute Gasteiger partial charge is 0.307 e. The van der Waals surface area contributed by atoms with Crippen molar-refractivity contribution in [2.75, 3.05) is 31.5 Å². The van der Waals surface area contributed by atoms with Crippen LogP contribution in [0.15, 0.2) is 52.9 Å². The maximum atomic E-state index is 13.5. The molecule has 11 nitrogen and oxygen atoms in total. The highest BCUT2D eigenvalue weighted by molar-refractivity contribution is 6.36. The Morgan fingerprint density at radius 3 is 2.63 bits per heavy atom. The molecule has 4 heterocycles. The quantitative estimate of drug-likeness (QED) is 0.195. The van der Waals surface area contributed by atoms with Crippen LogP contribution in [0.1, 0.15) is 52.0 Å². The fourth-order valence-electron chi connectivity index (χ4n) is 7.05. The van der Waals surface area contributed by atoms with Crippen LogP contribution in [-0.2, 0) is 31.4 Å². The number of likely N-dealkylation sites (N-methyl/N-ethyl adjacent to an activating group) is 1. The van der Waals surface area contributed by atoms with Crippen molar-refractivity contribution in [1.82, 2.24) is 24.3 Å². The lowest BCUT2D eigenvalue weighted by Crippen LogP contribution is -2.30. The van der Waals surface area contributed by atoms with Crippen LogP contribution in [0.4, 0.5) is 5.69 Å². The third-order valence-corrected chi connectivity index (χ3v) is 10.2. The third kappa shape index (κ3) is 6.08. The van der Waals surface area contributed by atoms with Gasteiger partial charge in [-0.2, -0.15) is 5.26 Å². The van der Waals surface area contributed by atoms with Gasteiger partial charge in [0.25, 0.3) is 5.91 Å². The van der Waals surface area contributed by atoms with Crippen LogP contribution in [-0.4, -0.2) is 67.5 Å². The van der Waals surface area contributed by atoms with E-state index in [-0.39, 0.29) is 11.8 Å². The number of likely N-dealkylation sites (tertiary alicyclic amines) is 1. The second-order valence-corrected chi connectivity index (χ2v) is 13.2. The Morgan fingerprint density at radius 2 is 1.88 bits per heavy atom. The van der Waals surface area contributed by atoms with E-state index < -0.39 is 5.97 Å². The molecule has 0 saturated carbocycles. The molecular formula is C37H36ClN7O4. The monoisotopic (exact) mass is 677 g/mol. The molecule has 2 aromatic heterocycles. The minimum atomic E-state index is -0.779. The number of hydrogen-bond donors (Lipinski definition) is 2. The summed E-state index contributed by atoms with van der Waals surface area (Å²) in [5.74, 6) is -0.760. The number of amides is 1. The first kappa shape index (κ1) is 32.5.